The number of halogens is 2. The number of esters is 1. The van der Waals surface area contributed by atoms with Crippen molar-refractivity contribution in [1.82, 2.24) is 9.72 Å². The van der Waals surface area contributed by atoms with Crippen molar-refractivity contribution in [3.05, 3.63) is 64.7 Å². The fourth-order valence-electron chi connectivity index (χ4n) is 3.10. The number of carbonyl (C=O) groups excluding carboxylic acids is 3. The van der Waals surface area contributed by atoms with Crippen molar-refractivity contribution in [1.29, 1.82) is 0 Å². The molecule has 2 N–H and O–H groups in total. The Morgan fingerprint density at radius 2 is 1.97 bits per heavy atom. The van der Waals surface area contributed by atoms with Crippen LogP contribution in [0.2, 0.25) is 0 Å². The molecule has 31 heavy (non-hydrogen) atoms. The van der Waals surface area contributed by atoms with Gasteiger partial charge in [-0.05, 0) is 49.9 Å². The number of ketones is 1. The van der Waals surface area contributed by atoms with Crippen LogP contribution in [0.3, 0.4) is 0 Å². The summed E-state index contributed by atoms with van der Waals surface area (Å²) in [6.07, 6.45) is 3.04. The highest BCUT2D eigenvalue weighted by Gasteiger charge is 2.29. The van der Waals surface area contributed by atoms with E-state index in [1.165, 1.54) is 19.1 Å². The van der Waals surface area contributed by atoms with Crippen molar-refractivity contribution in [3.63, 3.8) is 0 Å². The van der Waals surface area contributed by atoms with Gasteiger partial charge >= 0.3 is 12.0 Å². The predicted molar refractivity (Wildman–Crippen MR) is 102 cm³/mol. The van der Waals surface area contributed by atoms with Gasteiger partial charge in [-0.25, -0.2) is 18.4 Å². The first-order valence-electron chi connectivity index (χ1n) is 9.42. The maximum absolute atomic E-state index is 13.7. The molecule has 0 spiro atoms. The van der Waals surface area contributed by atoms with Crippen LogP contribution in [0.25, 0.3) is 11.3 Å². The smallest absolute Gasteiger partial charge is 0.355 e. The van der Waals surface area contributed by atoms with E-state index in [0.29, 0.717) is 5.92 Å². The first-order valence-corrected chi connectivity index (χ1v) is 9.42. The van der Waals surface area contributed by atoms with Crippen LogP contribution in [-0.2, 0) is 4.74 Å². The molecule has 1 aliphatic carbocycles. The summed E-state index contributed by atoms with van der Waals surface area (Å²) in [5.74, 6) is -3.17. The third-order valence-corrected chi connectivity index (χ3v) is 4.96. The lowest BCUT2D eigenvalue weighted by Crippen LogP contribution is -2.24. The Bertz CT molecular complexity index is 1210. The van der Waals surface area contributed by atoms with Gasteiger partial charge < -0.3 is 15.0 Å². The van der Waals surface area contributed by atoms with Gasteiger partial charge in [-0.3, -0.25) is 9.36 Å². The first-order chi connectivity index (χ1) is 14.8. The number of carbonyl (C=O) groups is 3. The van der Waals surface area contributed by atoms with E-state index in [4.69, 9.17) is 15.0 Å². The molecule has 1 aromatic carbocycles. The first kappa shape index (κ1) is 20.5. The third-order valence-electron chi connectivity index (χ3n) is 4.96. The molecule has 0 atom stereocenters. The maximum atomic E-state index is 13.7. The number of nitrogens with two attached hydrogens (primary N) is 1. The van der Waals surface area contributed by atoms with Gasteiger partial charge in [-0.2, -0.15) is 0 Å². The Balaban J connectivity index is 1.70. The molecule has 8 nitrogen and oxygen atoms in total. The SMILES string of the molecule is Cc1onc(-c2ccc(F)c(F)c2)c1C(=O)c1cc(C(=O)OCC2CC2)n(C(N)=O)c1. The molecule has 0 saturated heterocycles. The van der Waals surface area contributed by atoms with E-state index in [-0.39, 0.29) is 40.4 Å². The zero-order chi connectivity index (χ0) is 22.3. The molecule has 3 aromatic rings. The molecule has 10 heteroatoms. The zero-order valence-electron chi connectivity index (χ0n) is 16.4. The quantitative estimate of drug-likeness (QED) is 0.474. The highest BCUT2D eigenvalue weighted by atomic mass is 19.2. The van der Waals surface area contributed by atoms with E-state index < -0.39 is 29.4 Å². The van der Waals surface area contributed by atoms with E-state index in [9.17, 15) is 23.2 Å². The molecule has 4 rings (SSSR count). The number of benzene rings is 1. The Hall–Kier alpha value is -3.82. The molecule has 0 radical (unpaired) electrons. The number of ether oxygens (including phenoxy) is 1. The predicted octanol–water partition coefficient (Wildman–Crippen LogP) is 3.45. The number of nitrogens with zero attached hydrogens (tertiary/aromatic N) is 2. The minimum absolute atomic E-state index is 0.00825. The second-order valence-electron chi connectivity index (χ2n) is 7.28. The van der Waals surface area contributed by atoms with Crippen LogP contribution in [0.5, 0.6) is 0 Å². The molecule has 1 saturated carbocycles. The number of hydrogen-bond donors (Lipinski definition) is 1. The average molecular weight is 429 g/mol. The standard InChI is InChI=1S/C21H17F2N3O5/c1-10-17(18(25-31-10)12-4-5-14(22)15(23)6-12)19(27)13-7-16(26(8-13)21(24)29)20(28)30-9-11-2-3-11/h4-8,11H,2-3,9H2,1H3,(H2,24,29). The summed E-state index contributed by atoms with van der Waals surface area (Å²) in [6, 6.07) is 3.25. The lowest BCUT2D eigenvalue weighted by Gasteiger charge is -2.05. The molecular formula is C21H17F2N3O5. The van der Waals surface area contributed by atoms with Crippen LogP contribution >= 0.6 is 0 Å². The van der Waals surface area contributed by atoms with Crippen molar-refractivity contribution in [2.45, 2.75) is 19.8 Å². The lowest BCUT2D eigenvalue weighted by atomic mass is 9.99. The van der Waals surface area contributed by atoms with Crippen LogP contribution < -0.4 is 5.73 Å². The van der Waals surface area contributed by atoms with Crippen LogP contribution in [0.1, 0.15) is 45.0 Å². The monoisotopic (exact) mass is 429 g/mol. The van der Waals surface area contributed by atoms with Crippen molar-refractivity contribution < 1.29 is 32.4 Å². The van der Waals surface area contributed by atoms with Gasteiger partial charge in [0.15, 0.2) is 17.4 Å². The normalized spacial score (nSPS) is 13.3. The fraction of sp³-hybridized carbons (Fsp3) is 0.238. The van der Waals surface area contributed by atoms with Crippen molar-refractivity contribution >= 4 is 17.8 Å². The fourth-order valence-corrected chi connectivity index (χ4v) is 3.10. The molecule has 160 valence electrons. The minimum atomic E-state index is -1.11. The minimum Gasteiger partial charge on any atom is -0.461 e. The topological polar surface area (TPSA) is 117 Å². The second kappa shape index (κ2) is 7.78. The van der Waals surface area contributed by atoms with E-state index in [2.05, 4.69) is 5.16 Å². The molecule has 1 amide bonds. The summed E-state index contributed by atoms with van der Waals surface area (Å²) in [5, 5.41) is 3.78. The molecule has 1 fully saturated rings. The summed E-state index contributed by atoms with van der Waals surface area (Å²) in [6.45, 7) is 1.69. The number of aromatic nitrogens is 2. The van der Waals surface area contributed by atoms with Crippen molar-refractivity contribution in [3.8, 4) is 11.3 Å². The van der Waals surface area contributed by atoms with Crippen LogP contribution in [0.15, 0.2) is 35.0 Å². The molecule has 0 unspecified atom stereocenters. The van der Waals surface area contributed by atoms with Crippen LogP contribution in [0, 0.1) is 24.5 Å². The zero-order valence-corrected chi connectivity index (χ0v) is 16.4. The largest absolute Gasteiger partial charge is 0.461 e. The highest BCUT2D eigenvalue weighted by Crippen LogP contribution is 2.30. The molecule has 2 aromatic heterocycles. The van der Waals surface area contributed by atoms with E-state index >= 15 is 0 Å². The van der Waals surface area contributed by atoms with E-state index in [1.807, 2.05) is 0 Å². The summed E-state index contributed by atoms with van der Waals surface area (Å²) in [7, 11) is 0. The Kier molecular flexibility index (Phi) is 5.14. The highest BCUT2D eigenvalue weighted by molar-refractivity contribution is 6.14. The van der Waals surface area contributed by atoms with Gasteiger partial charge in [-0.15, -0.1) is 0 Å². The Morgan fingerprint density at radius 3 is 2.61 bits per heavy atom. The molecular weight excluding hydrogens is 412 g/mol. The maximum Gasteiger partial charge on any atom is 0.355 e. The Labute approximate surface area is 174 Å². The van der Waals surface area contributed by atoms with Crippen LogP contribution in [-0.4, -0.2) is 34.1 Å². The van der Waals surface area contributed by atoms with Gasteiger partial charge in [0.05, 0.1) is 12.2 Å². The van der Waals surface area contributed by atoms with Crippen molar-refractivity contribution in [2.75, 3.05) is 6.61 Å². The summed E-state index contributed by atoms with van der Waals surface area (Å²) >= 11 is 0. The number of aryl methyl sites for hydroxylation is 1. The van der Waals surface area contributed by atoms with Crippen LogP contribution in [0.4, 0.5) is 13.6 Å². The van der Waals surface area contributed by atoms with Gasteiger partial charge in [0.2, 0.25) is 0 Å². The number of amides is 1. The lowest BCUT2D eigenvalue weighted by molar-refractivity contribution is 0.0476. The van der Waals surface area contributed by atoms with Gasteiger partial charge in [0.25, 0.3) is 0 Å². The number of hydrogen-bond acceptors (Lipinski definition) is 6. The average Bonchev–Trinajstić information content (AvgIpc) is 3.31. The number of primary amides is 1. The molecule has 0 bridgehead atoms. The molecule has 2 heterocycles. The summed E-state index contributed by atoms with van der Waals surface area (Å²) in [4.78, 5) is 37.3. The summed E-state index contributed by atoms with van der Waals surface area (Å²) in [5.41, 5.74) is 5.18. The molecule has 0 aliphatic heterocycles. The van der Waals surface area contributed by atoms with Gasteiger partial charge in [0.1, 0.15) is 17.1 Å². The van der Waals surface area contributed by atoms with Gasteiger partial charge in [-0.1, -0.05) is 5.16 Å². The van der Waals surface area contributed by atoms with Crippen molar-refractivity contribution in [2.24, 2.45) is 11.7 Å². The summed E-state index contributed by atoms with van der Waals surface area (Å²) < 4.78 is 38.0. The van der Waals surface area contributed by atoms with Gasteiger partial charge in [0, 0.05) is 17.3 Å². The number of rotatable bonds is 6. The Morgan fingerprint density at radius 1 is 1.23 bits per heavy atom. The second-order valence-corrected chi connectivity index (χ2v) is 7.28. The van der Waals surface area contributed by atoms with E-state index in [1.54, 1.807) is 0 Å². The third kappa shape index (κ3) is 3.96. The molecule has 1 aliphatic rings. The van der Waals surface area contributed by atoms with E-state index in [0.717, 1.165) is 35.7 Å².